The highest BCUT2D eigenvalue weighted by atomic mass is 19.4. The number of amides is 1. The molecule has 194 valence electrons. The molecule has 0 unspecified atom stereocenters. The summed E-state index contributed by atoms with van der Waals surface area (Å²) in [6, 6.07) is 12.1. The summed E-state index contributed by atoms with van der Waals surface area (Å²) in [5.74, 6) is -0.709. The van der Waals surface area contributed by atoms with E-state index in [4.69, 9.17) is 5.73 Å². The monoisotopic (exact) mass is 518 g/mol. The number of halogens is 3. The van der Waals surface area contributed by atoms with E-state index >= 15 is 0 Å². The first-order valence-corrected chi connectivity index (χ1v) is 11.6. The molecule has 10 heteroatoms. The van der Waals surface area contributed by atoms with Crippen LogP contribution in [0.4, 0.5) is 18.9 Å². The van der Waals surface area contributed by atoms with Gasteiger partial charge in [0.15, 0.2) is 0 Å². The maximum Gasteiger partial charge on any atom is 0.416 e. The topological polar surface area (TPSA) is 110 Å². The Morgan fingerprint density at radius 1 is 1.05 bits per heavy atom. The van der Waals surface area contributed by atoms with Crippen LogP contribution in [0.15, 0.2) is 61.1 Å². The van der Waals surface area contributed by atoms with Gasteiger partial charge in [0.25, 0.3) is 5.91 Å². The lowest BCUT2D eigenvalue weighted by Gasteiger charge is -2.22. The molecule has 0 radical (unpaired) electrons. The number of benzene rings is 2. The molecule has 0 spiro atoms. The molecule has 0 aliphatic heterocycles. The fourth-order valence-electron chi connectivity index (χ4n) is 3.98. The molecular weight excluding hydrogens is 493 g/mol. The Morgan fingerprint density at radius 2 is 1.76 bits per heavy atom. The highest BCUT2D eigenvalue weighted by Gasteiger charge is 2.33. The minimum Gasteiger partial charge on any atom is -0.322 e. The van der Waals surface area contributed by atoms with E-state index < -0.39 is 23.2 Å². The molecule has 0 fully saturated rings. The van der Waals surface area contributed by atoms with Crippen molar-refractivity contribution in [3.63, 3.8) is 0 Å². The van der Waals surface area contributed by atoms with E-state index in [1.165, 1.54) is 6.07 Å². The summed E-state index contributed by atoms with van der Waals surface area (Å²) in [6.07, 6.45) is 0.366. The minimum atomic E-state index is -4.64. The fourth-order valence-corrected chi connectivity index (χ4v) is 3.98. The van der Waals surface area contributed by atoms with Crippen molar-refractivity contribution in [2.24, 2.45) is 12.8 Å². The van der Waals surface area contributed by atoms with Gasteiger partial charge in [-0.3, -0.25) is 14.5 Å². The molecule has 38 heavy (non-hydrogen) atoms. The van der Waals surface area contributed by atoms with E-state index in [1.807, 2.05) is 6.92 Å². The molecule has 2 heterocycles. The maximum absolute atomic E-state index is 13.5. The smallest absolute Gasteiger partial charge is 0.322 e. The number of rotatable bonds is 5. The van der Waals surface area contributed by atoms with E-state index in [-0.39, 0.29) is 11.1 Å². The Morgan fingerprint density at radius 3 is 2.37 bits per heavy atom. The molecule has 0 saturated carbocycles. The van der Waals surface area contributed by atoms with Crippen LogP contribution in [0, 0.1) is 18.3 Å². The van der Waals surface area contributed by atoms with Crippen molar-refractivity contribution >= 4 is 11.6 Å². The molecule has 2 aromatic heterocycles. The van der Waals surface area contributed by atoms with Gasteiger partial charge in [-0.2, -0.15) is 23.5 Å². The summed E-state index contributed by atoms with van der Waals surface area (Å²) in [5, 5.41) is 16.5. The van der Waals surface area contributed by atoms with Gasteiger partial charge in [0.05, 0.1) is 23.0 Å². The van der Waals surface area contributed by atoms with E-state index in [1.54, 1.807) is 68.4 Å². The van der Waals surface area contributed by atoms with Crippen molar-refractivity contribution in [2.45, 2.75) is 32.5 Å². The van der Waals surface area contributed by atoms with Gasteiger partial charge < -0.3 is 11.1 Å². The largest absolute Gasteiger partial charge is 0.416 e. The number of nitrogens with one attached hydrogen (secondary N) is 1. The summed E-state index contributed by atoms with van der Waals surface area (Å²) in [6.45, 7) is 5.00. The van der Waals surface area contributed by atoms with Gasteiger partial charge in [-0.25, -0.2) is 0 Å². The lowest BCUT2D eigenvalue weighted by molar-refractivity contribution is -0.137. The van der Waals surface area contributed by atoms with Crippen LogP contribution >= 0.6 is 0 Å². The van der Waals surface area contributed by atoms with Crippen molar-refractivity contribution in [3.8, 4) is 28.5 Å². The Bertz CT molecular complexity index is 1540. The van der Waals surface area contributed by atoms with Gasteiger partial charge in [-0.05, 0) is 73.9 Å². The van der Waals surface area contributed by atoms with Gasteiger partial charge in [-0.15, -0.1) is 0 Å². The quantitative estimate of drug-likeness (QED) is 0.347. The maximum atomic E-state index is 13.5. The SMILES string of the molecule is Cc1ccc(NC(=O)c2cc(C(C)(C)N)cc(C(F)(F)F)c2)cc1-c1cnc(-c2cnn(C)c2)c(C#N)c1. The number of hydrogen-bond acceptors (Lipinski definition) is 5. The molecule has 2 aromatic carbocycles. The number of carbonyl (C=O) groups is 1. The second kappa shape index (κ2) is 9.76. The van der Waals surface area contributed by atoms with Crippen LogP contribution in [0.1, 0.15) is 46.5 Å². The Balaban J connectivity index is 1.68. The van der Waals surface area contributed by atoms with Crippen molar-refractivity contribution in [1.82, 2.24) is 14.8 Å². The first-order valence-electron chi connectivity index (χ1n) is 11.6. The minimum absolute atomic E-state index is 0.162. The van der Waals surface area contributed by atoms with Crippen molar-refractivity contribution in [3.05, 3.63) is 88.9 Å². The van der Waals surface area contributed by atoms with Crippen LogP contribution in [-0.4, -0.2) is 20.7 Å². The predicted octanol–water partition coefficient (Wildman–Crippen LogP) is 5.79. The van der Waals surface area contributed by atoms with Crippen molar-refractivity contribution in [2.75, 3.05) is 5.32 Å². The molecule has 7 nitrogen and oxygen atoms in total. The van der Waals surface area contributed by atoms with Gasteiger partial charge in [0, 0.05) is 47.4 Å². The number of nitrogens with zero attached hydrogens (tertiary/aromatic N) is 4. The molecule has 0 saturated heterocycles. The molecule has 0 aliphatic rings. The number of alkyl halides is 3. The molecule has 4 aromatic rings. The third-order valence-electron chi connectivity index (χ3n) is 6.06. The Kier molecular flexibility index (Phi) is 6.82. The van der Waals surface area contributed by atoms with Gasteiger partial charge >= 0.3 is 6.18 Å². The number of anilines is 1. The standard InChI is InChI=1S/C28H25F3N6O/c1-16-5-6-23(36-26(38)17-8-21(27(2,3)33)10-22(9-17)28(29,30)31)11-24(16)19-7-18(12-32)25(34-13-19)20-14-35-37(4)15-20/h5-11,13-15H,33H2,1-4H3,(H,36,38). The number of pyridine rings is 1. The molecule has 3 N–H and O–H groups in total. The third kappa shape index (κ3) is 5.58. The van der Waals surface area contributed by atoms with Crippen LogP contribution in [-0.2, 0) is 18.8 Å². The summed E-state index contributed by atoms with van der Waals surface area (Å²) in [5.41, 5.74) is 8.15. The zero-order valence-electron chi connectivity index (χ0n) is 21.2. The summed E-state index contributed by atoms with van der Waals surface area (Å²) >= 11 is 0. The van der Waals surface area contributed by atoms with E-state index in [0.29, 0.717) is 33.6 Å². The van der Waals surface area contributed by atoms with Crippen molar-refractivity contribution < 1.29 is 18.0 Å². The number of carbonyl (C=O) groups excluding carboxylic acids is 1. The van der Waals surface area contributed by atoms with Crippen LogP contribution in [0.3, 0.4) is 0 Å². The second-order valence-electron chi connectivity index (χ2n) is 9.64. The van der Waals surface area contributed by atoms with E-state index in [9.17, 15) is 23.2 Å². The third-order valence-corrected chi connectivity index (χ3v) is 6.06. The molecule has 0 aliphatic carbocycles. The summed E-state index contributed by atoms with van der Waals surface area (Å²) in [7, 11) is 1.77. The summed E-state index contributed by atoms with van der Waals surface area (Å²) in [4.78, 5) is 17.5. The average molecular weight is 519 g/mol. The normalized spacial score (nSPS) is 11.8. The number of aryl methyl sites for hydroxylation is 2. The first-order chi connectivity index (χ1) is 17.8. The number of nitrogens with two attached hydrogens (primary N) is 1. The van der Waals surface area contributed by atoms with Gasteiger partial charge in [-0.1, -0.05) is 6.07 Å². The zero-order chi connectivity index (χ0) is 27.8. The number of nitriles is 1. The molecule has 4 rings (SSSR count). The molecule has 1 amide bonds. The molecular formula is C28H25F3N6O. The molecule has 0 atom stereocenters. The van der Waals surface area contributed by atoms with Gasteiger partial charge in [0.2, 0.25) is 0 Å². The fraction of sp³-hybridized carbons (Fsp3) is 0.214. The lowest BCUT2D eigenvalue weighted by Crippen LogP contribution is -2.30. The summed E-state index contributed by atoms with van der Waals surface area (Å²) < 4.78 is 42.1. The zero-order valence-corrected chi connectivity index (χ0v) is 21.2. The van der Waals surface area contributed by atoms with Crippen LogP contribution in [0.2, 0.25) is 0 Å². The average Bonchev–Trinajstić information content (AvgIpc) is 3.29. The lowest BCUT2D eigenvalue weighted by atomic mass is 9.91. The van der Waals surface area contributed by atoms with Crippen LogP contribution < -0.4 is 11.1 Å². The van der Waals surface area contributed by atoms with Gasteiger partial charge in [0.1, 0.15) is 6.07 Å². The number of aromatic nitrogens is 3. The highest BCUT2D eigenvalue weighted by molar-refractivity contribution is 6.05. The van der Waals surface area contributed by atoms with Crippen molar-refractivity contribution in [1.29, 1.82) is 5.26 Å². The first kappa shape index (κ1) is 26.6. The highest BCUT2D eigenvalue weighted by Crippen LogP contribution is 2.34. The van der Waals surface area contributed by atoms with Crippen LogP contribution in [0.25, 0.3) is 22.4 Å². The van der Waals surface area contributed by atoms with Crippen LogP contribution in [0.5, 0.6) is 0 Å². The number of hydrogen-bond donors (Lipinski definition) is 2. The Hall–Kier alpha value is -4.49. The Labute approximate surface area is 217 Å². The van der Waals surface area contributed by atoms with E-state index in [2.05, 4.69) is 21.5 Å². The predicted molar refractivity (Wildman–Crippen MR) is 138 cm³/mol. The second-order valence-corrected chi connectivity index (χ2v) is 9.64. The molecule has 0 bridgehead atoms. The van der Waals surface area contributed by atoms with E-state index in [0.717, 1.165) is 17.7 Å².